The Balaban J connectivity index is 3.35. The second-order valence-corrected chi connectivity index (χ2v) is 4.91. The zero-order chi connectivity index (χ0) is 15.1. The van der Waals surface area contributed by atoms with Crippen molar-refractivity contribution in [2.45, 2.75) is 52.4 Å². The number of aromatic carboxylic acids is 2. The first-order chi connectivity index (χ1) is 9.52. The van der Waals surface area contributed by atoms with E-state index in [1.165, 1.54) is 6.07 Å². The van der Waals surface area contributed by atoms with E-state index in [9.17, 15) is 19.8 Å². The molecular formula is C16H20O4-2. The summed E-state index contributed by atoms with van der Waals surface area (Å²) in [5.74, 6) is -2.63. The molecule has 0 unspecified atom stereocenters. The molecule has 4 nitrogen and oxygen atoms in total. The van der Waals surface area contributed by atoms with E-state index < -0.39 is 11.9 Å². The summed E-state index contributed by atoms with van der Waals surface area (Å²) in [4.78, 5) is 22.6. The van der Waals surface area contributed by atoms with Crippen LogP contribution in [-0.4, -0.2) is 11.9 Å². The highest BCUT2D eigenvalue weighted by Gasteiger charge is 2.14. The van der Waals surface area contributed by atoms with Crippen LogP contribution >= 0.6 is 0 Å². The lowest BCUT2D eigenvalue weighted by molar-refractivity contribution is -0.255. The molecule has 0 aliphatic rings. The smallest absolute Gasteiger partial charge is 0.0721 e. The van der Waals surface area contributed by atoms with Crippen molar-refractivity contribution in [1.29, 1.82) is 0 Å². The number of unbranched alkanes of at least 4 members (excludes halogenated alkanes) is 2. The molecule has 0 amide bonds. The van der Waals surface area contributed by atoms with E-state index >= 15 is 0 Å². The summed E-state index contributed by atoms with van der Waals surface area (Å²) in [7, 11) is 0. The third-order valence-corrected chi connectivity index (χ3v) is 3.40. The third kappa shape index (κ3) is 3.83. The molecule has 0 radical (unpaired) electrons. The van der Waals surface area contributed by atoms with Crippen LogP contribution in [0.3, 0.4) is 0 Å². The molecule has 1 rings (SSSR count). The topological polar surface area (TPSA) is 80.3 Å². The first kappa shape index (κ1) is 16.2. The van der Waals surface area contributed by atoms with E-state index in [-0.39, 0.29) is 11.1 Å². The van der Waals surface area contributed by atoms with Crippen molar-refractivity contribution in [1.82, 2.24) is 0 Å². The Morgan fingerprint density at radius 3 is 2.05 bits per heavy atom. The van der Waals surface area contributed by atoms with E-state index in [1.54, 1.807) is 6.07 Å². The molecule has 0 heterocycles. The van der Waals surface area contributed by atoms with Crippen LogP contribution in [0, 0.1) is 0 Å². The quantitative estimate of drug-likeness (QED) is 0.712. The van der Waals surface area contributed by atoms with E-state index in [0.29, 0.717) is 24.0 Å². The molecule has 0 aliphatic carbocycles. The minimum atomic E-state index is -1.33. The Hall–Kier alpha value is -1.84. The van der Waals surface area contributed by atoms with Gasteiger partial charge in [0.2, 0.25) is 0 Å². The molecular weight excluding hydrogens is 256 g/mol. The first-order valence-electron chi connectivity index (χ1n) is 7.10. The molecule has 110 valence electrons. The minimum Gasteiger partial charge on any atom is -0.545 e. The summed E-state index contributed by atoms with van der Waals surface area (Å²) in [5.41, 5.74) is 1.02. The van der Waals surface area contributed by atoms with Crippen molar-refractivity contribution >= 4 is 11.9 Å². The Bertz CT molecular complexity index is 491. The van der Waals surface area contributed by atoms with Gasteiger partial charge in [-0.1, -0.05) is 38.8 Å². The highest BCUT2D eigenvalue weighted by Crippen LogP contribution is 2.23. The van der Waals surface area contributed by atoms with Gasteiger partial charge in [-0.3, -0.25) is 0 Å². The number of carbonyl (C=O) groups is 2. The van der Waals surface area contributed by atoms with Crippen molar-refractivity contribution in [2.75, 3.05) is 0 Å². The molecule has 0 spiro atoms. The van der Waals surface area contributed by atoms with Crippen molar-refractivity contribution in [3.63, 3.8) is 0 Å². The van der Waals surface area contributed by atoms with Gasteiger partial charge in [0, 0.05) is 11.1 Å². The van der Waals surface area contributed by atoms with Gasteiger partial charge in [0.05, 0.1) is 11.9 Å². The molecule has 0 bridgehead atoms. The third-order valence-electron chi connectivity index (χ3n) is 3.40. The van der Waals surface area contributed by atoms with E-state index in [1.807, 2.05) is 13.8 Å². The normalized spacial score (nSPS) is 10.5. The summed E-state index contributed by atoms with van der Waals surface area (Å²) >= 11 is 0. The zero-order valence-electron chi connectivity index (χ0n) is 12.0. The van der Waals surface area contributed by atoms with Crippen LogP contribution < -0.4 is 10.2 Å². The molecule has 1 aromatic carbocycles. The molecule has 0 saturated carbocycles. The Morgan fingerprint density at radius 2 is 1.55 bits per heavy atom. The number of hydrogen-bond donors (Lipinski definition) is 0. The predicted molar refractivity (Wildman–Crippen MR) is 72.3 cm³/mol. The SMILES string of the molecule is CCCCc1ccc(C(=O)[O-])c(CCCC)c1C(=O)[O-]. The Kier molecular flexibility index (Phi) is 6.22. The fourth-order valence-corrected chi connectivity index (χ4v) is 2.33. The lowest BCUT2D eigenvalue weighted by Crippen LogP contribution is -2.29. The van der Waals surface area contributed by atoms with Crippen LogP contribution in [0.15, 0.2) is 12.1 Å². The van der Waals surface area contributed by atoms with Gasteiger partial charge in [0.25, 0.3) is 0 Å². The molecule has 0 saturated heterocycles. The summed E-state index contributed by atoms with van der Waals surface area (Å²) in [5, 5.41) is 22.6. The molecule has 0 fully saturated rings. The second kappa shape index (κ2) is 7.68. The fourth-order valence-electron chi connectivity index (χ4n) is 2.33. The molecule has 0 N–H and O–H groups in total. The Morgan fingerprint density at radius 1 is 0.950 bits per heavy atom. The molecule has 0 aromatic heterocycles. The molecule has 0 aliphatic heterocycles. The number of carboxylic acid groups (broad SMARTS) is 2. The van der Waals surface area contributed by atoms with Crippen LogP contribution in [-0.2, 0) is 12.8 Å². The molecule has 20 heavy (non-hydrogen) atoms. The van der Waals surface area contributed by atoms with Crippen LogP contribution in [0.2, 0.25) is 0 Å². The summed E-state index contributed by atoms with van der Waals surface area (Å²) in [6, 6.07) is 3.03. The monoisotopic (exact) mass is 276 g/mol. The fraction of sp³-hybridized carbons (Fsp3) is 0.500. The predicted octanol–water partition coefficient (Wildman–Crippen LogP) is 1.10. The first-order valence-corrected chi connectivity index (χ1v) is 7.10. The van der Waals surface area contributed by atoms with Crippen LogP contribution in [0.1, 0.15) is 71.4 Å². The molecule has 4 heteroatoms. The van der Waals surface area contributed by atoms with Gasteiger partial charge < -0.3 is 19.8 Å². The number of aryl methyl sites for hydroxylation is 1. The van der Waals surface area contributed by atoms with Crippen LogP contribution in [0.5, 0.6) is 0 Å². The molecule has 1 aromatic rings. The summed E-state index contributed by atoms with van der Waals surface area (Å²) < 4.78 is 0. The maximum absolute atomic E-state index is 11.4. The van der Waals surface area contributed by atoms with Gasteiger partial charge in [-0.2, -0.15) is 0 Å². The van der Waals surface area contributed by atoms with Gasteiger partial charge in [0.1, 0.15) is 0 Å². The zero-order valence-corrected chi connectivity index (χ0v) is 12.0. The highest BCUT2D eigenvalue weighted by molar-refractivity contribution is 5.96. The lowest BCUT2D eigenvalue weighted by atomic mass is 9.90. The van der Waals surface area contributed by atoms with Crippen molar-refractivity contribution < 1.29 is 19.8 Å². The number of carbonyl (C=O) groups excluding carboxylic acids is 2. The van der Waals surface area contributed by atoms with Crippen molar-refractivity contribution in [2.24, 2.45) is 0 Å². The van der Waals surface area contributed by atoms with Gasteiger partial charge in [0.15, 0.2) is 0 Å². The number of carboxylic acids is 2. The summed E-state index contributed by atoms with van der Waals surface area (Å²) in [6.07, 6.45) is 4.43. The Labute approximate surface area is 119 Å². The largest absolute Gasteiger partial charge is 0.545 e. The average molecular weight is 276 g/mol. The van der Waals surface area contributed by atoms with Crippen molar-refractivity contribution in [3.05, 3.63) is 34.4 Å². The number of hydrogen-bond acceptors (Lipinski definition) is 4. The van der Waals surface area contributed by atoms with Crippen LogP contribution in [0.25, 0.3) is 0 Å². The molecule has 0 atom stereocenters. The van der Waals surface area contributed by atoms with Gasteiger partial charge in [-0.15, -0.1) is 0 Å². The van der Waals surface area contributed by atoms with E-state index in [4.69, 9.17) is 0 Å². The number of benzene rings is 1. The lowest BCUT2D eigenvalue weighted by Gasteiger charge is -2.20. The van der Waals surface area contributed by atoms with E-state index in [2.05, 4.69) is 0 Å². The highest BCUT2D eigenvalue weighted by atomic mass is 16.4. The van der Waals surface area contributed by atoms with Gasteiger partial charge >= 0.3 is 0 Å². The summed E-state index contributed by atoms with van der Waals surface area (Å²) in [6.45, 7) is 3.99. The standard InChI is InChI=1S/C16H22O4/c1-3-5-7-11-9-10-13(15(17)18)12(8-6-4-2)14(11)16(19)20/h9-10H,3-8H2,1-2H3,(H,17,18)(H,19,20)/p-2. The van der Waals surface area contributed by atoms with Crippen molar-refractivity contribution in [3.8, 4) is 0 Å². The maximum atomic E-state index is 11.4. The minimum absolute atomic E-state index is 0.0297. The average Bonchev–Trinajstić information content (AvgIpc) is 2.41. The van der Waals surface area contributed by atoms with Crippen LogP contribution in [0.4, 0.5) is 0 Å². The van der Waals surface area contributed by atoms with Gasteiger partial charge in [-0.05, 0) is 36.8 Å². The maximum Gasteiger partial charge on any atom is 0.0721 e. The number of rotatable bonds is 8. The second-order valence-electron chi connectivity index (χ2n) is 4.91. The van der Waals surface area contributed by atoms with E-state index in [0.717, 1.165) is 25.7 Å². The van der Waals surface area contributed by atoms with Gasteiger partial charge in [-0.25, -0.2) is 0 Å².